The van der Waals surface area contributed by atoms with Crippen molar-refractivity contribution < 1.29 is 32.6 Å². The fraction of sp³-hybridized carbons (Fsp3) is 0.263. The van der Waals surface area contributed by atoms with E-state index in [4.69, 9.17) is 4.74 Å². The van der Waals surface area contributed by atoms with E-state index in [0.717, 1.165) is 6.07 Å². The zero-order valence-corrected chi connectivity index (χ0v) is 14.2. The maximum absolute atomic E-state index is 13.4. The third kappa shape index (κ3) is 3.60. The number of aliphatic carboxylic acids is 1. The second-order valence-electron chi connectivity index (χ2n) is 6.22. The number of nitrogens with one attached hydrogen (secondary N) is 1. The SMILES string of the molecule is COc1ccc([C@@H]2Cc3c(cccc3C(F)(F)F)NC(=O)[C@H]2C(=O)O)cc1. The molecule has 1 heterocycles. The number of anilines is 1. The monoisotopic (exact) mass is 379 g/mol. The number of methoxy groups -OCH3 is 1. The van der Waals surface area contributed by atoms with Crippen LogP contribution in [0.5, 0.6) is 5.75 Å². The van der Waals surface area contributed by atoms with Gasteiger partial charge in [0.1, 0.15) is 11.7 Å². The molecule has 0 fully saturated rings. The first-order chi connectivity index (χ1) is 12.7. The number of ether oxygens (including phenoxy) is 1. The molecule has 0 saturated carbocycles. The van der Waals surface area contributed by atoms with E-state index in [2.05, 4.69) is 5.32 Å². The van der Waals surface area contributed by atoms with Crippen molar-refractivity contribution in [2.45, 2.75) is 18.5 Å². The molecule has 0 aromatic heterocycles. The van der Waals surface area contributed by atoms with Crippen LogP contribution in [0.1, 0.15) is 22.6 Å². The summed E-state index contributed by atoms with van der Waals surface area (Å²) in [5, 5.41) is 11.9. The van der Waals surface area contributed by atoms with Gasteiger partial charge in [0.2, 0.25) is 5.91 Å². The third-order valence-corrected chi connectivity index (χ3v) is 4.66. The Balaban J connectivity index is 2.15. The average Bonchev–Trinajstić information content (AvgIpc) is 2.76. The van der Waals surface area contributed by atoms with Gasteiger partial charge in [-0.05, 0) is 41.8 Å². The van der Waals surface area contributed by atoms with Crippen LogP contribution in [0.15, 0.2) is 42.5 Å². The maximum Gasteiger partial charge on any atom is 0.416 e. The minimum atomic E-state index is -4.62. The topological polar surface area (TPSA) is 75.6 Å². The van der Waals surface area contributed by atoms with Crippen molar-refractivity contribution in [3.05, 3.63) is 59.2 Å². The van der Waals surface area contributed by atoms with E-state index in [0.29, 0.717) is 11.3 Å². The zero-order valence-electron chi connectivity index (χ0n) is 14.2. The smallest absolute Gasteiger partial charge is 0.416 e. The Morgan fingerprint density at radius 2 is 1.85 bits per heavy atom. The van der Waals surface area contributed by atoms with Gasteiger partial charge in [0.05, 0.1) is 12.7 Å². The van der Waals surface area contributed by atoms with Gasteiger partial charge in [-0.1, -0.05) is 18.2 Å². The van der Waals surface area contributed by atoms with Crippen molar-refractivity contribution in [3.8, 4) is 5.75 Å². The lowest BCUT2D eigenvalue weighted by molar-refractivity contribution is -0.146. The van der Waals surface area contributed by atoms with Crippen LogP contribution in [-0.4, -0.2) is 24.1 Å². The second kappa shape index (κ2) is 6.94. The van der Waals surface area contributed by atoms with E-state index in [9.17, 15) is 27.9 Å². The largest absolute Gasteiger partial charge is 0.497 e. The summed E-state index contributed by atoms with van der Waals surface area (Å²) in [4.78, 5) is 24.2. The van der Waals surface area contributed by atoms with Crippen LogP contribution < -0.4 is 10.1 Å². The number of hydrogen-bond donors (Lipinski definition) is 2. The molecule has 1 aliphatic heterocycles. The fourth-order valence-electron chi connectivity index (χ4n) is 3.37. The van der Waals surface area contributed by atoms with Gasteiger partial charge in [0, 0.05) is 11.6 Å². The predicted octanol–water partition coefficient (Wildman–Crippen LogP) is 3.69. The highest BCUT2D eigenvalue weighted by molar-refractivity contribution is 6.06. The molecule has 5 nitrogen and oxygen atoms in total. The summed E-state index contributed by atoms with van der Waals surface area (Å²) in [5.41, 5.74) is -0.576. The number of benzene rings is 2. The highest BCUT2D eigenvalue weighted by atomic mass is 19.4. The Morgan fingerprint density at radius 1 is 1.19 bits per heavy atom. The first-order valence-electron chi connectivity index (χ1n) is 8.09. The van der Waals surface area contributed by atoms with Crippen molar-refractivity contribution in [1.82, 2.24) is 0 Å². The molecule has 0 spiro atoms. The normalized spacial score (nSPS) is 19.6. The van der Waals surface area contributed by atoms with Crippen LogP contribution in [0, 0.1) is 5.92 Å². The fourth-order valence-corrected chi connectivity index (χ4v) is 3.37. The number of rotatable bonds is 3. The van der Waals surface area contributed by atoms with Crippen LogP contribution in [0.3, 0.4) is 0 Å². The van der Waals surface area contributed by atoms with E-state index in [1.807, 2.05) is 0 Å². The number of fused-ring (bicyclic) bond motifs is 1. The standard InChI is InChI=1S/C19H16F3NO4/c1-27-11-7-5-10(6-8-11)12-9-13-14(19(20,21)22)3-2-4-15(13)23-17(24)16(12)18(25)26/h2-8,12,16H,9H2,1H3,(H,23,24)(H,25,26)/t12-,16-/m0/s1. The number of alkyl halides is 3. The summed E-state index contributed by atoms with van der Waals surface area (Å²) in [6.45, 7) is 0. The number of carbonyl (C=O) groups is 2. The summed E-state index contributed by atoms with van der Waals surface area (Å²) in [6.07, 6.45) is -4.86. The lowest BCUT2D eigenvalue weighted by atomic mass is 9.81. The van der Waals surface area contributed by atoms with Gasteiger partial charge in [-0.3, -0.25) is 9.59 Å². The molecule has 1 aliphatic rings. The second-order valence-corrected chi connectivity index (χ2v) is 6.22. The maximum atomic E-state index is 13.4. The molecule has 0 aliphatic carbocycles. The molecular weight excluding hydrogens is 363 g/mol. The van der Waals surface area contributed by atoms with Gasteiger partial charge in [0.25, 0.3) is 0 Å². The van der Waals surface area contributed by atoms with E-state index >= 15 is 0 Å². The molecule has 2 aromatic rings. The molecule has 1 amide bonds. The van der Waals surface area contributed by atoms with Crippen molar-refractivity contribution in [1.29, 1.82) is 0 Å². The molecule has 0 bridgehead atoms. The van der Waals surface area contributed by atoms with E-state index in [1.54, 1.807) is 24.3 Å². The number of amides is 1. The molecule has 142 valence electrons. The molecular formula is C19H16F3NO4. The number of carbonyl (C=O) groups excluding carboxylic acids is 1. The third-order valence-electron chi connectivity index (χ3n) is 4.66. The Kier molecular flexibility index (Phi) is 4.82. The number of carboxylic acid groups (broad SMARTS) is 1. The van der Waals surface area contributed by atoms with Crippen LogP contribution in [0.25, 0.3) is 0 Å². The van der Waals surface area contributed by atoms with Crippen LogP contribution in [0.4, 0.5) is 18.9 Å². The quantitative estimate of drug-likeness (QED) is 0.798. The van der Waals surface area contributed by atoms with Crippen molar-refractivity contribution in [2.24, 2.45) is 5.92 Å². The van der Waals surface area contributed by atoms with Crippen LogP contribution >= 0.6 is 0 Å². The highest BCUT2D eigenvalue weighted by Crippen LogP contribution is 2.42. The Hall–Kier alpha value is -3.03. The van der Waals surface area contributed by atoms with E-state index < -0.39 is 35.5 Å². The summed E-state index contributed by atoms with van der Waals surface area (Å²) < 4.78 is 45.4. The lowest BCUT2D eigenvalue weighted by Gasteiger charge is -2.22. The van der Waals surface area contributed by atoms with Gasteiger partial charge in [-0.2, -0.15) is 13.2 Å². The Labute approximate surface area is 152 Å². The number of carboxylic acids is 1. The summed E-state index contributed by atoms with van der Waals surface area (Å²) in [5.74, 6) is -4.21. The molecule has 0 radical (unpaired) electrons. The summed E-state index contributed by atoms with van der Waals surface area (Å²) in [6, 6.07) is 9.74. The number of halogens is 3. The van der Waals surface area contributed by atoms with Gasteiger partial charge >= 0.3 is 12.1 Å². The van der Waals surface area contributed by atoms with Crippen molar-refractivity contribution in [3.63, 3.8) is 0 Å². The molecule has 2 N–H and O–H groups in total. The molecule has 8 heteroatoms. The van der Waals surface area contributed by atoms with Crippen molar-refractivity contribution >= 4 is 17.6 Å². The Bertz CT molecular complexity index is 878. The highest BCUT2D eigenvalue weighted by Gasteiger charge is 2.42. The van der Waals surface area contributed by atoms with Crippen LogP contribution in [0.2, 0.25) is 0 Å². The molecule has 3 rings (SSSR count). The molecule has 2 atom stereocenters. The minimum Gasteiger partial charge on any atom is -0.497 e. The predicted molar refractivity (Wildman–Crippen MR) is 90.6 cm³/mol. The Morgan fingerprint density at radius 3 is 2.41 bits per heavy atom. The minimum absolute atomic E-state index is 0.0166. The molecule has 0 unspecified atom stereocenters. The first kappa shape index (κ1) is 18.8. The van der Waals surface area contributed by atoms with E-state index in [-0.39, 0.29) is 17.7 Å². The lowest BCUT2D eigenvalue weighted by Crippen LogP contribution is -2.33. The molecule has 2 aromatic carbocycles. The van der Waals surface area contributed by atoms with Gasteiger partial charge in [-0.15, -0.1) is 0 Å². The van der Waals surface area contributed by atoms with Gasteiger partial charge in [-0.25, -0.2) is 0 Å². The van der Waals surface area contributed by atoms with Gasteiger partial charge in [0.15, 0.2) is 0 Å². The zero-order chi connectivity index (χ0) is 19.8. The van der Waals surface area contributed by atoms with Crippen molar-refractivity contribution in [2.75, 3.05) is 12.4 Å². The first-order valence-corrected chi connectivity index (χ1v) is 8.09. The average molecular weight is 379 g/mol. The number of hydrogen-bond acceptors (Lipinski definition) is 3. The molecule has 0 saturated heterocycles. The van der Waals surface area contributed by atoms with E-state index in [1.165, 1.54) is 19.2 Å². The van der Waals surface area contributed by atoms with Crippen LogP contribution in [-0.2, 0) is 22.2 Å². The molecule has 27 heavy (non-hydrogen) atoms. The summed E-state index contributed by atoms with van der Waals surface area (Å²) in [7, 11) is 1.46. The van der Waals surface area contributed by atoms with Gasteiger partial charge < -0.3 is 15.2 Å². The summed E-state index contributed by atoms with van der Waals surface area (Å²) >= 11 is 0.